The number of amides is 1. The molecule has 0 bridgehead atoms. The van der Waals surface area contributed by atoms with E-state index in [2.05, 4.69) is 10.5 Å². The van der Waals surface area contributed by atoms with E-state index in [0.717, 1.165) is 6.08 Å². The largest absolute Gasteiger partial charge is 0.481 e. The Morgan fingerprint density at radius 1 is 1.89 bits per heavy atom. The molecule has 0 saturated carbocycles. The van der Waals surface area contributed by atoms with Crippen molar-refractivity contribution in [2.24, 2.45) is 5.73 Å². The highest BCUT2D eigenvalue weighted by atomic mass is 16.6. The van der Waals surface area contributed by atoms with Crippen LogP contribution >= 0.6 is 0 Å². The molecule has 9 heavy (non-hydrogen) atoms. The van der Waals surface area contributed by atoms with Crippen molar-refractivity contribution in [1.82, 2.24) is 0 Å². The van der Waals surface area contributed by atoms with Gasteiger partial charge in [0.15, 0.2) is 0 Å². The van der Waals surface area contributed by atoms with Crippen molar-refractivity contribution in [2.45, 2.75) is 6.92 Å². The molecule has 0 aromatic heterocycles. The molecular formula is C5H9NO3. The van der Waals surface area contributed by atoms with Crippen LogP contribution < -0.4 is 5.73 Å². The molecule has 0 rings (SSSR count). The number of aliphatic hydroxyl groups excluding tert-OH is 1. The molecule has 0 aliphatic heterocycles. The lowest BCUT2D eigenvalue weighted by atomic mass is 10.6. The number of aliphatic hydroxyl groups is 1. The van der Waals surface area contributed by atoms with E-state index in [0.29, 0.717) is 6.61 Å². The van der Waals surface area contributed by atoms with Crippen LogP contribution in [-0.4, -0.2) is 17.6 Å². The summed E-state index contributed by atoms with van der Waals surface area (Å²) >= 11 is 0. The maximum Gasteiger partial charge on any atom is 0.282 e. The summed E-state index contributed by atoms with van der Waals surface area (Å²) < 4.78 is 4.47. The first kappa shape index (κ1) is 7.81. The van der Waals surface area contributed by atoms with Crippen molar-refractivity contribution >= 4 is 5.91 Å². The molecule has 0 unspecified atom stereocenters. The van der Waals surface area contributed by atoms with Crippen LogP contribution in [0.4, 0.5) is 0 Å². The molecule has 0 aromatic carbocycles. The lowest BCUT2D eigenvalue weighted by molar-refractivity contribution is -0.114. The van der Waals surface area contributed by atoms with Crippen molar-refractivity contribution < 1.29 is 14.6 Å². The van der Waals surface area contributed by atoms with Gasteiger partial charge in [-0.1, -0.05) is 0 Å². The van der Waals surface area contributed by atoms with Gasteiger partial charge in [-0.15, -0.1) is 0 Å². The zero-order valence-corrected chi connectivity index (χ0v) is 5.13. The van der Waals surface area contributed by atoms with Gasteiger partial charge in [0.05, 0.1) is 12.7 Å². The second kappa shape index (κ2) is 3.77. The number of carbonyl (C=O) groups excluding carboxylic acids is 1. The van der Waals surface area contributed by atoms with Gasteiger partial charge >= 0.3 is 0 Å². The van der Waals surface area contributed by atoms with E-state index in [4.69, 9.17) is 5.11 Å². The first-order chi connectivity index (χ1) is 4.16. The van der Waals surface area contributed by atoms with Gasteiger partial charge in [-0.2, -0.15) is 0 Å². The molecule has 0 aliphatic rings. The zero-order valence-electron chi connectivity index (χ0n) is 5.13. The maximum absolute atomic E-state index is 9.99. The van der Waals surface area contributed by atoms with Gasteiger partial charge in [-0.25, -0.2) is 0 Å². The van der Waals surface area contributed by atoms with Gasteiger partial charge in [0.25, 0.3) is 5.95 Å². The molecule has 3 N–H and O–H groups in total. The van der Waals surface area contributed by atoms with Crippen molar-refractivity contribution in [3.63, 3.8) is 0 Å². The van der Waals surface area contributed by atoms with E-state index in [1.165, 1.54) is 0 Å². The standard InChI is InChI=1S/C5H9NO3/c1-2-9-5(8)3-4(6)7/h3,8H,2H2,1H3,(H2,6,7)/b5-3+. The van der Waals surface area contributed by atoms with Crippen LogP contribution in [0.3, 0.4) is 0 Å². The summed E-state index contributed by atoms with van der Waals surface area (Å²) in [6.07, 6.45) is 0.809. The normalized spacial score (nSPS) is 11.0. The highest BCUT2D eigenvalue weighted by Crippen LogP contribution is 1.87. The van der Waals surface area contributed by atoms with Crippen LogP contribution in [-0.2, 0) is 9.53 Å². The summed E-state index contributed by atoms with van der Waals surface area (Å²) in [7, 11) is 0. The average molecular weight is 131 g/mol. The third kappa shape index (κ3) is 4.67. The van der Waals surface area contributed by atoms with Gasteiger partial charge < -0.3 is 15.6 Å². The maximum atomic E-state index is 9.99. The number of hydrogen-bond acceptors (Lipinski definition) is 3. The lowest BCUT2D eigenvalue weighted by Crippen LogP contribution is -2.08. The Morgan fingerprint density at radius 3 is 2.78 bits per heavy atom. The third-order valence-corrected chi connectivity index (χ3v) is 0.558. The van der Waals surface area contributed by atoms with E-state index >= 15 is 0 Å². The number of rotatable bonds is 3. The van der Waals surface area contributed by atoms with Gasteiger partial charge in [0.1, 0.15) is 0 Å². The number of nitrogens with two attached hydrogens (primary N) is 1. The molecule has 0 saturated heterocycles. The van der Waals surface area contributed by atoms with Crippen LogP contribution in [0.15, 0.2) is 12.0 Å². The van der Waals surface area contributed by atoms with Crippen molar-refractivity contribution in [2.75, 3.05) is 6.61 Å². The Balaban J connectivity index is 3.69. The van der Waals surface area contributed by atoms with Crippen LogP contribution in [0, 0.1) is 0 Å². The van der Waals surface area contributed by atoms with Gasteiger partial charge in [0, 0.05) is 0 Å². The fraction of sp³-hybridized carbons (Fsp3) is 0.400. The van der Waals surface area contributed by atoms with Crippen LogP contribution in [0.1, 0.15) is 6.92 Å². The van der Waals surface area contributed by atoms with Crippen molar-refractivity contribution in [1.29, 1.82) is 0 Å². The summed E-state index contributed by atoms with van der Waals surface area (Å²) in [5.74, 6) is -1.16. The second-order valence-corrected chi connectivity index (χ2v) is 1.32. The molecule has 0 aromatic rings. The summed E-state index contributed by atoms with van der Waals surface area (Å²) in [5.41, 5.74) is 4.67. The van der Waals surface area contributed by atoms with Crippen LogP contribution in [0.2, 0.25) is 0 Å². The predicted octanol–water partition coefficient (Wildman–Crippen LogP) is -0.0924. The zero-order chi connectivity index (χ0) is 7.28. The van der Waals surface area contributed by atoms with Crippen LogP contribution in [0.25, 0.3) is 0 Å². The van der Waals surface area contributed by atoms with E-state index in [9.17, 15) is 4.79 Å². The molecule has 1 amide bonds. The minimum atomic E-state index is -0.721. The first-order valence-electron chi connectivity index (χ1n) is 2.49. The molecule has 4 heteroatoms. The second-order valence-electron chi connectivity index (χ2n) is 1.32. The van der Waals surface area contributed by atoms with E-state index in [1.807, 2.05) is 0 Å². The number of ether oxygens (including phenoxy) is 1. The Kier molecular flexibility index (Phi) is 3.27. The number of hydrogen-bond donors (Lipinski definition) is 2. The van der Waals surface area contributed by atoms with E-state index < -0.39 is 11.9 Å². The lowest BCUT2D eigenvalue weighted by Gasteiger charge is -1.96. The predicted molar refractivity (Wildman–Crippen MR) is 31.5 cm³/mol. The molecule has 0 atom stereocenters. The Morgan fingerprint density at radius 2 is 2.44 bits per heavy atom. The monoisotopic (exact) mass is 131 g/mol. The summed E-state index contributed by atoms with van der Waals surface area (Å²) in [6, 6.07) is 0. The fourth-order valence-electron chi connectivity index (χ4n) is 0.311. The first-order valence-corrected chi connectivity index (χ1v) is 2.49. The molecule has 0 heterocycles. The molecule has 0 fully saturated rings. The molecule has 0 radical (unpaired) electrons. The van der Waals surface area contributed by atoms with Crippen LogP contribution in [0.5, 0.6) is 0 Å². The molecule has 52 valence electrons. The van der Waals surface area contributed by atoms with E-state index in [-0.39, 0.29) is 0 Å². The van der Waals surface area contributed by atoms with Gasteiger partial charge in [-0.05, 0) is 6.92 Å². The van der Waals surface area contributed by atoms with Crippen molar-refractivity contribution in [3.8, 4) is 0 Å². The number of carbonyl (C=O) groups is 1. The highest BCUT2D eigenvalue weighted by Gasteiger charge is 1.92. The Labute approximate surface area is 52.9 Å². The molecule has 0 spiro atoms. The number of primary amides is 1. The third-order valence-electron chi connectivity index (χ3n) is 0.558. The smallest absolute Gasteiger partial charge is 0.282 e. The molecular weight excluding hydrogens is 122 g/mol. The Hall–Kier alpha value is -1.19. The molecule has 4 nitrogen and oxygen atoms in total. The SMILES string of the molecule is CCO/C(O)=C/C(N)=O. The highest BCUT2D eigenvalue weighted by molar-refractivity contribution is 5.85. The summed E-state index contributed by atoms with van der Waals surface area (Å²) in [6.45, 7) is 2.00. The van der Waals surface area contributed by atoms with Gasteiger partial charge in [0.2, 0.25) is 5.91 Å². The molecule has 0 aliphatic carbocycles. The minimum Gasteiger partial charge on any atom is -0.481 e. The van der Waals surface area contributed by atoms with Crippen molar-refractivity contribution in [3.05, 3.63) is 12.0 Å². The summed E-state index contributed by atoms with van der Waals surface area (Å²) in [4.78, 5) is 9.99. The topological polar surface area (TPSA) is 72.6 Å². The summed E-state index contributed by atoms with van der Waals surface area (Å²) in [5, 5.41) is 8.56. The fourth-order valence-corrected chi connectivity index (χ4v) is 0.311. The van der Waals surface area contributed by atoms with E-state index in [1.54, 1.807) is 6.92 Å². The minimum absolute atomic E-state index is 0.315. The van der Waals surface area contributed by atoms with Gasteiger partial charge in [-0.3, -0.25) is 4.79 Å². The Bertz CT molecular complexity index is 130. The quantitative estimate of drug-likeness (QED) is 0.415. The average Bonchev–Trinajstić information content (AvgIpc) is 1.63.